The lowest BCUT2D eigenvalue weighted by Crippen LogP contribution is -2.62. The van der Waals surface area contributed by atoms with Crippen LogP contribution >= 0.6 is 56.7 Å². The zero-order valence-corrected chi connectivity index (χ0v) is 58.2. The fourth-order valence-corrected chi connectivity index (χ4v) is 16.8. The molecular weight excluding hydrogens is 1390 g/mol. The Morgan fingerprint density at radius 3 is 2.20 bits per heavy atom. The van der Waals surface area contributed by atoms with Gasteiger partial charge in [-0.3, -0.25) is 24.0 Å². The highest BCUT2D eigenvalue weighted by Crippen LogP contribution is 2.43. The first kappa shape index (κ1) is 68.7. The minimum absolute atomic E-state index is 0.000837. The highest BCUT2D eigenvalue weighted by atomic mass is 32.1. The summed E-state index contributed by atoms with van der Waals surface area (Å²) in [6, 6.07) is 0.886. The number of rotatable bonds is 7. The molecule has 0 spiro atoms. The average molecular weight is 1450 g/mol. The van der Waals surface area contributed by atoms with E-state index in [0.717, 1.165) is 56.7 Å². The first-order chi connectivity index (χ1) is 47.3. The van der Waals surface area contributed by atoms with Gasteiger partial charge in [0.05, 0.1) is 43.1 Å². The van der Waals surface area contributed by atoms with E-state index in [9.17, 15) is 34.9 Å². The lowest BCUT2D eigenvalue weighted by molar-refractivity contribution is -0.280. The van der Waals surface area contributed by atoms with Crippen molar-refractivity contribution in [2.45, 2.75) is 108 Å². The summed E-state index contributed by atoms with van der Waals surface area (Å²) in [5.74, 6) is -6.43. The van der Waals surface area contributed by atoms with E-state index in [1.165, 1.54) is 49.2 Å². The number of methoxy groups -OCH3 is 1. The van der Waals surface area contributed by atoms with Crippen LogP contribution < -0.4 is 21.3 Å². The molecule has 0 aliphatic carbocycles. The Kier molecular flexibility index (Phi) is 19.3. The van der Waals surface area contributed by atoms with Crippen LogP contribution in [-0.4, -0.2) is 221 Å². The SMILES string of the molecule is CO/C(C)=C1/NC(=O)C(C(C)O)NC(=O)c2csc(n2)-c2cc(O)c(-c3nc(C(=O)N4CCN(C)CC4)cs3)nc2-c2csc(n2)C2COC(=O)c3c4c5c(cccc5n3O)COC(=O)C(OC3CC(C)(O)C(N(C)C)C(C)O3)C(OC4)C(NC(=O)c3csc1n3)c1nc(cs1)C(=O)N2. The van der Waals surface area contributed by atoms with Gasteiger partial charge in [0.15, 0.2) is 18.1 Å². The van der Waals surface area contributed by atoms with Gasteiger partial charge in [0, 0.05) is 76.0 Å². The van der Waals surface area contributed by atoms with Crippen LogP contribution in [0.15, 0.2) is 56.9 Å². The summed E-state index contributed by atoms with van der Waals surface area (Å²) in [5.41, 5.74) is -1.94. The summed E-state index contributed by atoms with van der Waals surface area (Å²) in [6.07, 6.45) is -7.45. The molecule has 5 aliphatic rings. The number of aromatic hydroxyl groups is 1. The molecule has 1 aromatic carbocycles. The smallest absolute Gasteiger partial charge is 0.358 e. The molecule has 2 saturated heterocycles. The number of aliphatic hydroxyl groups is 2. The number of hydrogen-bond donors (Lipinski definition) is 8. The number of pyridine rings is 1. The van der Waals surface area contributed by atoms with E-state index in [-0.39, 0.29) is 111 Å². The van der Waals surface area contributed by atoms with Crippen LogP contribution in [0.4, 0.5) is 0 Å². The number of allylic oxidation sites excluding steroid dienone is 1. The first-order valence-electron chi connectivity index (χ1n) is 31.0. The molecule has 2 fully saturated rings. The number of nitrogens with one attached hydrogen (secondary N) is 4. The van der Waals surface area contributed by atoms with Crippen LogP contribution in [0, 0.1) is 0 Å². The number of aliphatic hydroxyl groups excluding tert-OH is 1. The van der Waals surface area contributed by atoms with Gasteiger partial charge >= 0.3 is 11.9 Å². The van der Waals surface area contributed by atoms with Gasteiger partial charge in [-0.25, -0.2) is 39.5 Å². The fraction of sp³-hybridized carbons (Fsp3) is 0.413. The molecule has 520 valence electrons. The van der Waals surface area contributed by atoms with Crippen molar-refractivity contribution in [3.8, 4) is 38.4 Å². The predicted molar refractivity (Wildman–Crippen MR) is 358 cm³/mol. The van der Waals surface area contributed by atoms with Gasteiger partial charge in [-0.05, 0) is 66.5 Å². The first-order valence-corrected chi connectivity index (χ1v) is 35.4. The van der Waals surface area contributed by atoms with Crippen LogP contribution in [-0.2, 0) is 51.2 Å². The molecule has 12 heterocycles. The molecule has 10 atom stereocenters. The van der Waals surface area contributed by atoms with E-state index in [1.807, 2.05) is 7.05 Å². The lowest BCUT2D eigenvalue weighted by atomic mass is 9.85. The highest BCUT2D eigenvalue weighted by Gasteiger charge is 2.50. The zero-order valence-electron chi connectivity index (χ0n) is 54.2. The number of carbonyl (C=O) groups excluding carboxylic acids is 7. The van der Waals surface area contributed by atoms with E-state index < -0.39 is 127 Å². The van der Waals surface area contributed by atoms with Gasteiger partial charge in [-0.15, -0.1) is 56.7 Å². The number of amides is 5. The molecule has 8 N–H and O–H groups in total. The molecule has 0 radical (unpaired) electrons. The van der Waals surface area contributed by atoms with Crippen molar-refractivity contribution in [1.82, 2.24) is 70.6 Å². The van der Waals surface area contributed by atoms with E-state index in [1.54, 1.807) is 60.6 Å². The molecule has 7 aromatic heterocycles. The van der Waals surface area contributed by atoms with Gasteiger partial charge in [-0.1, -0.05) is 12.1 Å². The largest absolute Gasteiger partial charge is 0.506 e. The minimum atomic E-state index is -1.90. The van der Waals surface area contributed by atoms with E-state index in [2.05, 4.69) is 41.1 Å². The quantitative estimate of drug-likeness (QED) is 0.0616. The summed E-state index contributed by atoms with van der Waals surface area (Å²) in [6.45, 7) is 6.65. The molecule has 31 nitrogen and oxygen atoms in total. The Morgan fingerprint density at radius 2 is 1.47 bits per heavy atom. The summed E-state index contributed by atoms with van der Waals surface area (Å²) >= 11 is 4.79. The van der Waals surface area contributed by atoms with E-state index in [4.69, 9.17) is 43.4 Å². The van der Waals surface area contributed by atoms with Crippen LogP contribution in [0.1, 0.15) is 125 Å². The molecule has 12 bridgehead atoms. The molecule has 10 unspecified atom stereocenters. The number of benzene rings is 1. The number of esters is 2. The maximum absolute atomic E-state index is 15.2. The number of nitrogens with zero attached hydrogens (tertiary/aromatic N) is 10. The van der Waals surface area contributed by atoms with Crippen molar-refractivity contribution in [2.24, 2.45) is 0 Å². The molecule has 8 aromatic rings. The Bertz CT molecular complexity index is 4550. The van der Waals surface area contributed by atoms with Gasteiger partial charge in [-0.2, -0.15) is 4.73 Å². The Hall–Kier alpha value is -8.79. The maximum Gasteiger partial charge on any atom is 0.358 e. The minimum Gasteiger partial charge on any atom is -0.506 e. The van der Waals surface area contributed by atoms with Crippen LogP contribution in [0.25, 0.3) is 49.3 Å². The lowest BCUT2D eigenvalue weighted by Gasteiger charge is -2.48. The van der Waals surface area contributed by atoms with Crippen molar-refractivity contribution in [1.29, 1.82) is 0 Å². The predicted octanol–water partition coefficient (Wildman–Crippen LogP) is 4.55. The van der Waals surface area contributed by atoms with Crippen molar-refractivity contribution >= 4 is 115 Å². The Morgan fingerprint density at radius 1 is 0.808 bits per heavy atom. The second-order valence-electron chi connectivity index (χ2n) is 24.6. The molecule has 36 heteroatoms. The van der Waals surface area contributed by atoms with Crippen LogP contribution in [0.2, 0.25) is 0 Å². The third-order valence-electron chi connectivity index (χ3n) is 17.5. The third-order valence-corrected chi connectivity index (χ3v) is 22.0. The number of thiazole rings is 5. The van der Waals surface area contributed by atoms with Crippen molar-refractivity contribution in [3.05, 3.63) is 112 Å². The van der Waals surface area contributed by atoms with Crippen molar-refractivity contribution in [2.75, 3.05) is 61.0 Å². The summed E-state index contributed by atoms with van der Waals surface area (Å²) in [5, 5.41) is 66.2. The topological polar surface area (TPSA) is 396 Å². The molecule has 5 amide bonds. The molecule has 13 rings (SSSR count). The zero-order chi connectivity index (χ0) is 70.0. The van der Waals surface area contributed by atoms with Crippen LogP contribution in [0.5, 0.6) is 5.75 Å². The van der Waals surface area contributed by atoms with Gasteiger partial charge in [0.2, 0.25) is 5.91 Å². The maximum atomic E-state index is 15.2. The molecule has 5 aliphatic heterocycles. The average Bonchev–Trinajstić information content (AvgIpc) is 1.65. The number of carbonyl (C=O) groups is 7. The molecule has 0 saturated carbocycles. The van der Waals surface area contributed by atoms with Crippen LogP contribution in [0.3, 0.4) is 0 Å². The van der Waals surface area contributed by atoms with Gasteiger partial charge in [0.1, 0.15) is 120 Å². The summed E-state index contributed by atoms with van der Waals surface area (Å²) in [4.78, 5) is 137. The molecule has 99 heavy (non-hydrogen) atoms. The Balaban J connectivity index is 0.979. The van der Waals surface area contributed by atoms with Crippen molar-refractivity contribution in [3.63, 3.8) is 0 Å². The third kappa shape index (κ3) is 13.5. The number of piperazine rings is 1. The summed E-state index contributed by atoms with van der Waals surface area (Å²) < 4.78 is 38.4. The Labute approximate surface area is 583 Å². The number of ether oxygens (including phenoxy) is 6. The van der Waals surface area contributed by atoms with Gasteiger partial charge < -0.3 is 84.9 Å². The number of cyclic esters (lactones) is 2. The summed E-state index contributed by atoms with van der Waals surface area (Å²) in [7, 11) is 6.84. The van der Waals surface area contributed by atoms with Gasteiger partial charge in [0.25, 0.3) is 23.6 Å². The number of likely N-dealkylation sites (N-methyl/N-ethyl adjacent to an activating group) is 2. The fourth-order valence-electron chi connectivity index (χ4n) is 12.6. The van der Waals surface area contributed by atoms with Crippen molar-refractivity contribution < 1.29 is 82.5 Å². The number of hydrogen-bond acceptors (Lipinski definition) is 30. The number of aromatic nitrogens is 7. The second kappa shape index (κ2) is 27.7. The normalized spacial score (nSPS) is 25.2. The second-order valence-corrected chi connectivity index (χ2v) is 29.0. The highest BCUT2D eigenvalue weighted by molar-refractivity contribution is 7.14. The van der Waals surface area contributed by atoms with E-state index in [0.29, 0.717) is 36.5 Å². The number of fused-ring (bicyclic) bond motifs is 15. The standard InChI is InChI=1S/C63H66N14O17S5/c1-26(78)42-54(83)72-43(27(2)89-8)57-67-36(24-97-57)53(82)73-46-48-49(94-40-17-63(4,87)50(74(5)6)28(3)93-40)62(86)91-18-29-10-9-11-38-41(29)31(19-90-48)47(77(38)88)61(85)92-20-32(64-51(80)34-23-98-59(46)68-34)56-65-33(21-96-56)44-30(55-66-35(22-95-55)52(81)71-42)16-39(79)45(70-44)58-69-37(25-99-58)60(84)76-14-12-75(7)13-15-76/h9-11,16,21-26,28,32,40,42,46,48-50,78-79,87-88H,12-15,17-20H2,1-8H3,(H,64,80)(H,71,81)(H,72,83)(H,73,82)/b43-27+. The molecular formula is C63H66N14O17S5. The van der Waals surface area contributed by atoms with E-state index >= 15 is 19.2 Å². The monoisotopic (exact) mass is 1450 g/mol.